The monoisotopic (exact) mass is 570 g/mol. The van der Waals surface area contributed by atoms with Crippen LogP contribution in [-0.4, -0.2) is 114 Å². The van der Waals surface area contributed by atoms with Crippen LogP contribution in [0.2, 0.25) is 0 Å². The minimum atomic E-state index is -3.33. The number of carbonyl (C=O) groups excluding carboxylic acids is 3. The molecule has 5 heterocycles. The number of nitrogens with one attached hydrogen (secondary N) is 3. The highest BCUT2D eigenvalue weighted by Crippen LogP contribution is 2.51. The van der Waals surface area contributed by atoms with Crippen LogP contribution in [0.1, 0.15) is 26.7 Å². The van der Waals surface area contributed by atoms with Crippen LogP contribution in [0.5, 0.6) is 0 Å². The Morgan fingerprint density at radius 1 is 1.24 bits per heavy atom. The zero-order chi connectivity index (χ0) is 27.5. The third-order valence-electron chi connectivity index (χ3n) is 8.21. The SMILES string of the molecule is C[C@@H](NC(=O)[C@@H]1CS(=O)(=O)CN1)[C@H]1C(=O)N2C(C(=O)O)=C(S[C@@H]3CN[C@H](C(=O)N4CC[C@@H](N)C4)C3)[C@H](C)[C@H]12. The van der Waals surface area contributed by atoms with Gasteiger partial charge in [-0.15, -0.1) is 11.8 Å². The molecule has 0 saturated carbocycles. The largest absolute Gasteiger partial charge is 0.477 e. The van der Waals surface area contributed by atoms with E-state index in [1.807, 2.05) is 6.92 Å². The van der Waals surface area contributed by atoms with Crippen molar-refractivity contribution in [2.24, 2.45) is 17.6 Å². The Morgan fingerprint density at radius 3 is 2.58 bits per heavy atom. The standard InChI is InChI=1S/C23H34N6O7S2/c1-10-17-16(11(2)27-20(30)15-8-38(35,36)9-26-15)22(32)29(17)18(23(33)34)19(10)37-13-5-14(25-6-13)21(31)28-4-3-12(24)7-28/h10-17,25-26H,3-9,24H2,1-2H3,(H,27,30)(H,33,34)/t10-,11-,12-,13+,14+,15+,16-,17-/m1/s1. The molecule has 0 aromatic heterocycles. The summed E-state index contributed by atoms with van der Waals surface area (Å²) in [5, 5.41) is 18.7. The van der Waals surface area contributed by atoms with E-state index in [4.69, 9.17) is 5.73 Å². The Morgan fingerprint density at radius 2 is 1.97 bits per heavy atom. The molecule has 0 radical (unpaired) electrons. The summed E-state index contributed by atoms with van der Waals surface area (Å²) in [4.78, 5) is 54.6. The Labute approximate surface area is 225 Å². The lowest BCUT2D eigenvalue weighted by molar-refractivity contribution is -0.158. The van der Waals surface area contributed by atoms with Crippen LogP contribution in [0.4, 0.5) is 0 Å². The molecule has 5 aliphatic heterocycles. The zero-order valence-electron chi connectivity index (χ0n) is 21.3. The number of sulfone groups is 1. The highest BCUT2D eigenvalue weighted by Gasteiger charge is 2.60. The number of hydrogen-bond donors (Lipinski definition) is 5. The van der Waals surface area contributed by atoms with E-state index in [9.17, 15) is 32.7 Å². The van der Waals surface area contributed by atoms with Gasteiger partial charge in [-0.05, 0) is 19.8 Å². The number of amides is 3. The fourth-order valence-corrected chi connectivity index (χ4v) is 9.08. The van der Waals surface area contributed by atoms with Crippen LogP contribution in [0.3, 0.4) is 0 Å². The summed E-state index contributed by atoms with van der Waals surface area (Å²) in [6.07, 6.45) is 1.33. The molecule has 3 amide bonds. The van der Waals surface area contributed by atoms with Gasteiger partial charge in [0.2, 0.25) is 17.7 Å². The zero-order valence-corrected chi connectivity index (χ0v) is 22.9. The van der Waals surface area contributed by atoms with Crippen molar-refractivity contribution in [2.75, 3.05) is 31.3 Å². The molecule has 0 aromatic rings. The Hall–Kier alpha value is -2.20. The molecule has 0 aromatic carbocycles. The average Bonchev–Trinajstić information content (AvgIpc) is 3.61. The first-order valence-electron chi connectivity index (χ1n) is 12.9. The summed E-state index contributed by atoms with van der Waals surface area (Å²) in [5.74, 6) is -3.52. The van der Waals surface area contributed by atoms with Crippen molar-refractivity contribution in [1.82, 2.24) is 25.8 Å². The minimum absolute atomic E-state index is 0.00204. The first-order chi connectivity index (χ1) is 17.9. The number of β-lactam (4-membered cyclic amide) rings is 1. The van der Waals surface area contributed by atoms with Gasteiger partial charge >= 0.3 is 5.97 Å². The normalized spacial score (nSPS) is 36.8. The smallest absolute Gasteiger partial charge is 0.353 e. The van der Waals surface area contributed by atoms with Gasteiger partial charge < -0.3 is 31.3 Å². The van der Waals surface area contributed by atoms with E-state index in [2.05, 4.69) is 16.0 Å². The molecular weight excluding hydrogens is 536 g/mol. The van der Waals surface area contributed by atoms with Gasteiger partial charge in [0, 0.05) is 47.8 Å². The number of aliphatic carboxylic acids is 1. The molecule has 0 aliphatic carbocycles. The van der Waals surface area contributed by atoms with Crippen LogP contribution >= 0.6 is 11.8 Å². The Bertz CT molecular complexity index is 1190. The van der Waals surface area contributed by atoms with Crippen molar-refractivity contribution in [3.63, 3.8) is 0 Å². The van der Waals surface area contributed by atoms with E-state index in [1.165, 1.54) is 16.7 Å². The molecule has 4 saturated heterocycles. The van der Waals surface area contributed by atoms with E-state index in [1.54, 1.807) is 11.8 Å². The van der Waals surface area contributed by atoms with Crippen molar-refractivity contribution in [3.05, 3.63) is 10.6 Å². The minimum Gasteiger partial charge on any atom is -0.477 e. The average molecular weight is 571 g/mol. The number of thioether (sulfide) groups is 1. The Kier molecular flexibility index (Phi) is 7.26. The summed E-state index contributed by atoms with van der Waals surface area (Å²) < 4.78 is 23.4. The topological polar surface area (TPSA) is 191 Å². The van der Waals surface area contributed by atoms with Crippen molar-refractivity contribution >= 4 is 45.3 Å². The van der Waals surface area contributed by atoms with Crippen molar-refractivity contribution in [3.8, 4) is 0 Å². The molecule has 15 heteroatoms. The van der Waals surface area contributed by atoms with E-state index >= 15 is 0 Å². The van der Waals surface area contributed by atoms with Crippen LogP contribution in [0.15, 0.2) is 10.6 Å². The summed E-state index contributed by atoms with van der Waals surface area (Å²) >= 11 is 1.40. The molecule has 5 aliphatic rings. The fraction of sp³-hybridized carbons (Fsp3) is 0.739. The summed E-state index contributed by atoms with van der Waals surface area (Å²) in [7, 11) is -3.33. The van der Waals surface area contributed by atoms with Gasteiger partial charge in [-0.25, -0.2) is 13.2 Å². The maximum atomic E-state index is 13.1. The number of carboxylic acids is 1. The van der Waals surface area contributed by atoms with Crippen LogP contribution < -0.4 is 21.7 Å². The predicted octanol–water partition coefficient (Wildman–Crippen LogP) is -2.37. The van der Waals surface area contributed by atoms with Gasteiger partial charge in [0.15, 0.2) is 9.84 Å². The highest BCUT2D eigenvalue weighted by molar-refractivity contribution is 8.03. The lowest BCUT2D eigenvalue weighted by atomic mass is 9.78. The number of hydrogen-bond acceptors (Lipinski definition) is 10. The summed E-state index contributed by atoms with van der Waals surface area (Å²) in [5.41, 5.74) is 5.91. The van der Waals surface area contributed by atoms with Gasteiger partial charge in [-0.2, -0.15) is 0 Å². The fourth-order valence-electron chi connectivity index (χ4n) is 6.25. The number of rotatable bonds is 7. The molecule has 38 heavy (non-hydrogen) atoms. The predicted molar refractivity (Wildman–Crippen MR) is 138 cm³/mol. The lowest BCUT2D eigenvalue weighted by Gasteiger charge is -2.47. The van der Waals surface area contributed by atoms with E-state index < -0.39 is 45.8 Å². The molecule has 13 nitrogen and oxygen atoms in total. The molecular formula is C23H34N6O7S2. The first-order valence-corrected chi connectivity index (χ1v) is 15.6. The van der Waals surface area contributed by atoms with Crippen molar-refractivity contribution in [1.29, 1.82) is 0 Å². The molecule has 0 spiro atoms. The molecule has 6 N–H and O–H groups in total. The number of carboxylic acid groups (broad SMARTS) is 1. The number of likely N-dealkylation sites (tertiary alicyclic amines) is 1. The van der Waals surface area contributed by atoms with Gasteiger partial charge in [-0.3, -0.25) is 19.7 Å². The quantitative estimate of drug-likeness (QED) is 0.206. The second-order valence-electron chi connectivity index (χ2n) is 10.9. The van der Waals surface area contributed by atoms with Gasteiger partial charge in [-0.1, -0.05) is 6.92 Å². The molecule has 8 atom stereocenters. The highest BCUT2D eigenvalue weighted by atomic mass is 32.2. The third-order valence-corrected chi connectivity index (χ3v) is 11.2. The Balaban J connectivity index is 1.24. The molecule has 0 bridgehead atoms. The number of fused-ring (bicyclic) bond motifs is 1. The maximum absolute atomic E-state index is 13.1. The number of nitrogens with two attached hydrogens (primary N) is 1. The van der Waals surface area contributed by atoms with E-state index in [0.29, 0.717) is 31.0 Å². The lowest BCUT2D eigenvalue weighted by Crippen LogP contribution is -2.66. The molecule has 4 fully saturated rings. The second kappa shape index (κ2) is 10.1. The first kappa shape index (κ1) is 27.4. The van der Waals surface area contributed by atoms with Crippen molar-refractivity contribution in [2.45, 2.75) is 62.1 Å². The van der Waals surface area contributed by atoms with E-state index in [-0.39, 0.29) is 52.4 Å². The van der Waals surface area contributed by atoms with Gasteiger partial charge in [0.1, 0.15) is 11.7 Å². The number of nitrogens with zero attached hydrogens (tertiary/aromatic N) is 2. The van der Waals surface area contributed by atoms with Gasteiger partial charge in [0.05, 0.1) is 29.6 Å². The second-order valence-corrected chi connectivity index (χ2v) is 14.4. The summed E-state index contributed by atoms with van der Waals surface area (Å²) in [6, 6.07) is -2.26. The molecule has 210 valence electrons. The molecule has 5 rings (SSSR count). The van der Waals surface area contributed by atoms with Crippen LogP contribution in [0, 0.1) is 11.8 Å². The third kappa shape index (κ3) is 4.83. The van der Waals surface area contributed by atoms with Gasteiger partial charge in [0.25, 0.3) is 0 Å². The van der Waals surface area contributed by atoms with E-state index in [0.717, 1.165) is 6.42 Å². The van der Waals surface area contributed by atoms with Crippen molar-refractivity contribution < 1.29 is 32.7 Å². The van der Waals surface area contributed by atoms with Crippen LogP contribution in [-0.2, 0) is 29.0 Å². The molecule has 0 unspecified atom stereocenters. The van der Waals surface area contributed by atoms with Crippen LogP contribution in [0.25, 0.3) is 0 Å². The summed E-state index contributed by atoms with van der Waals surface area (Å²) in [6.45, 7) is 5.28. The number of carbonyl (C=O) groups is 4. The maximum Gasteiger partial charge on any atom is 0.353 e.